The van der Waals surface area contributed by atoms with E-state index in [4.69, 9.17) is 22.9 Å². The Bertz CT molecular complexity index is 4720. The second kappa shape index (κ2) is 48.2. The number of nitrogens with one attached hydrogen (secondary N) is 12. The van der Waals surface area contributed by atoms with Crippen LogP contribution in [-0.2, 0) is 97.6 Å². The number of amides is 14. The molecule has 14 amide bonds. The molecule has 4 heterocycles. The van der Waals surface area contributed by atoms with Gasteiger partial charge in [-0.3, -0.25) is 71.9 Å². The highest BCUT2D eigenvalue weighted by molar-refractivity contribution is 6.09. The van der Waals surface area contributed by atoms with Gasteiger partial charge < -0.3 is 106 Å². The van der Waals surface area contributed by atoms with Gasteiger partial charge >= 0.3 is 5.97 Å². The molecule has 0 bridgehead atoms. The standard InChI is InChI=1S/C88H119N19O18/c1-6-7-20-62(78(114)105-70(88(124)125)43-53-27-31-58(108)32-28-53)99-85(121)72-24-16-39-107(72)87(123)65(34-36-74(92)110)97-75(111)48-95-84(120)71-23-15-38-106(71)86(122)64(22-13-14-37-89)100-81(117)67(41-51(4)5)102-79(115)63(33-35-73(91)109)98-80(116)66(40-50(2)3)103-82(118)68(42-52-25-29-55(30-26-52)76(112)54-17-9-8-10-18-54)104-83(119)69(45-57-47-93-49-96-57)101-77(113)60(90)44-56-46-94-61-21-12-11-19-59(56)61/h8-12,17-19,21,25-32,46-47,49-51,60,62-72,94,108H,6-7,13-16,20,22-24,33-45,48,89-90H2,1-5H3,(H2,91,109)(H2,92,110)(H,93,96)(H,95,120)(H,97,111)(H,98,116)(H,99,121)(H,100,117)(H,101,113)(H,102,115)(H,103,118)(H,104,119)(H,105,114)(H,124,125)/t60-,62-,63-,64-,65-,66-,67-,68-,69-,70-,71-,72-/m0/s1. The van der Waals surface area contributed by atoms with Crippen LogP contribution in [0.4, 0.5) is 0 Å². The van der Waals surface area contributed by atoms with Crippen molar-refractivity contribution in [3.05, 3.63) is 155 Å². The molecule has 0 radical (unpaired) electrons. The second-order valence-corrected chi connectivity index (χ2v) is 32.7. The van der Waals surface area contributed by atoms with Crippen LogP contribution in [0.25, 0.3) is 10.9 Å². The Morgan fingerprint density at radius 3 is 1.53 bits per heavy atom. The first-order chi connectivity index (χ1) is 59.7. The number of aromatic amines is 2. The molecule has 2 fully saturated rings. The summed E-state index contributed by atoms with van der Waals surface area (Å²) in [5, 5.41) is 47.4. The summed E-state index contributed by atoms with van der Waals surface area (Å²) in [6.07, 6.45) is 5.17. The van der Waals surface area contributed by atoms with Crippen molar-refractivity contribution in [1.82, 2.24) is 77.9 Å². The van der Waals surface area contributed by atoms with Gasteiger partial charge in [0.2, 0.25) is 82.7 Å². The van der Waals surface area contributed by atoms with Crippen molar-refractivity contribution in [3.8, 4) is 5.75 Å². The monoisotopic (exact) mass is 1730 g/mol. The third kappa shape index (κ3) is 29.9. The Balaban J connectivity index is 0.941. The van der Waals surface area contributed by atoms with E-state index in [1.165, 1.54) is 46.6 Å². The van der Waals surface area contributed by atoms with Crippen LogP contribution in [-0.4, -0.2) is 228 Å². The number of aromatic nitrogens is 3. The Labute approximate surface area is 724 Å². The number of hydrogen-bond acceptors (Lipinski definition) is 20. The largest absolute Gasteiger partial charge is 0.508 e. The summed E-state index contributed by atoms with van der Waals surface area (Å²) in [6.45, 7) is 8.41. The lowest BCUT2D eigenvalue weighted by Crippen LogP contribution is -2.61. The number of likely N-dealkylation sites (tertiary alicyclic amines) is 2. The smallest absolute Gasteiger partial charge is 0.326 e. The second-order valence-electron chi connectivity index (χ2n) is 32.7. The molecule has 0 unspecified atom stereocenters. The molecule has 2 saturated heterocycles. The number of rotatable bonds is 50. The molecular formula is C88H119N19O18. The number of ketones is 1. The summed E-state index contributed by atoms with van der Waals surface area (Å²) in [4.78, 5) is 237. The van der Waals surface area contributed by atoms with E-state index in [-0.39, 0.29) is 114 Å². The normalized spacial score (nSPS) is 16.1. The van der Waals surface area contributed by atoms with Crippen LogP contribution >= 0.6 is 0 Å². The number of carbonyl (C=O) groups excluding carboxylic acids is 15. The molecule has 0 saturated carbocycles. The maximum absolute atomic E-state index is 15.1. The topological polar surface area (TPSA) is 589 Å². The summed E-state index contributed by atoms with van der Waals surface area (Å²) in [6, 6.07) is 11.8. The molecule has 8 rings (SSSR count). The van der Waals surface area contributed by atoms with Crippen LogP contribution in [0.15, 0.2) is 122 Å². The summed E-state index contributed by atoms with van der Waals surface area (Å²) < 4.78 is 0. The van der Waals surface area contributed by atoms with Crippen LogP contribution in [0.1, 0.15) is 176 Å². The van der Waals surface area contributed by atoms with Gasteiger partial charge in [-0.05, 0) is 137 Å². The van der Waals surface area contributed by atoms with E-state index < -0.39 is 187 Å². The molecule has 37 nitrogen and oxygen atoms in total. The van der Waals surface area contributed by atoms with Crippen molar-refractivity contribution in [2.75, 3.05) is 26.2 Å². The van der Waals surface area contributed by atoms with Gasteiger partial charge in [0.25, 0.3) is 0 Å². The molecule has 125 heavy (non-hydrogen) atoms. The highest BCUT2D eigenvalue weighted by atomic mass is 16.4. The molecule has 0 spiro atoms. The van der Waals surface area contributed by atoms with Gasteiger partial charge in [0.15, 0.2) is 5.78 Å². The quantitative estimate of drug-likeness (QED) is 0.0186. The number of imidazole rings is 1. The van der Waals surface area contributed by atoms with Gasteiger partial charge in [-0.1, -0.05) is 132 Å². The number of unbranched alkanes of at least 4 members (excludes halogenated alkanes) is 2. The predicted octanol–water partition coefficient (Wildman–Crippen LogP) is 0.914. The number of carboxylic acid groups (broad SMARTS) is 1. The highest BCUT2D eigenvalue weighted by Gasteiger charge is 2.43. The fraction of sp³-hybridized carbons (Fsp3) is 0.489. The first kappa shape index (κ1) is 97.5. The van der Waals surface area contributed by atoms with E-state index in [2.05, 4.69) is 68.1 Å². The molecule has 0 aliphatic carbocycles. The summed E-state index contributed by atoms with van der Waals surface area (Å²) in [5.74, 6) is -13.8. The third-order valence-corrected chi connectivity index (χ3v) is 21.8. The Hall–Kier alpha value is -12.9. The Morgan fingerprint density at radius 1 is 0.496 bits per heavy atom. The summed E-state index contributed by atoms with van der Waals surface area (Å²) in [5.41, 5.74) is 27.3. The molecule has 6 aromatic rings. The molecular weight excluding hydrogens is 1610 g/mol. The summed E-state index contributed by atoms with van der Waals surface area (Å²) >= 11 is 0. The van der Waals surface area contributed by atoms with Crippen molar-refractivity contribution >= 4 is 105 Å². The van der Waals surface area contributed by atoms with Crippen LogP contribution in [0.2, 0.25) is 0 Å². The van der Waals surface area contributed by atoms with Gasteiger partial charge in [-0.15, -0.1) is 0 Å². The van der Waals surface area contributed by atoms with Crippen molar-refractivity contribution in [2.45, 2.75) is 236 Å². The number of aliphatic carboxylic acids is 1. The number of carboxylic acids is 1. The Morgan fingerprint density at radius 2 is 0.968 bits per heavy atom. The van der Waals surface area contributed by atoms with Crippen LogP contribution in [0, 0.1) is 11.8 Å². The van der Waals surface area contributed by atoms with Crippen molar-refractivity contribution in [2.24, 2.45) is 34.8 Å². The molecule has 2 aromatic heterocycles. The van der Waals surface area contributed by atoms with Gasteiger partial charge in [0.1, 0.15) is 72.2 Å². The number of carbonyl (C=O) groups is 16. The Kier molecular flexibility index (Phi) is 37.6. The fourth-order valence-electron chi connectivity index (χ4n) is 15.2. The van der Waals surface area contributed by atoms with Crippen LogP contribution in [0.3, 0.4) is 0 Å². The number of phenolic OH excluding ortho intramolecular Hbond substituents is 1. The van der Waals surface area contributed by atoms with Crippen molar-refractivity contribution in [1.29, 1.82) is 0 Å². The van der Waals surface area contributed by atoms with Gasteiger partial charge in [0, 0.05) is 85.3 Å². The zero-order valence-electron chi connectivity index (χ0n) is 71.2. The average molecular weight is 1730 g/mol. The van der Waals surface area contributed by atoms with Crippen molar-refractivity contribution in [3.63, 3.8) is 0 Å². The third-order valence-electron chi connectivity index (χ3n) is 21.8. The highest BCUT2D eigenvalue weighted by Crippen LogP contribution is 2.25. The van der Waals surface area contributed by atoms with Crippen LogP contribution in [0.5, 0.6) is 5.75 Å². The molecule has 22 N–H and O–H groups in total. The lowest BCUT2D eigenvalue weighted by Gasteiger charge is -2.31. The minimum absolute atomic E-state index is 0.000401. The fourth-order valence-corrected chi connectivity index (χ4v) is 15.2. The van der Waals surface area contributed by atoms with Crippen molar-refractivity contribution < 1.29 is 86.9 Å². The molecule has 2 aliphatic heterocycles. The average Bonchev–Trinajstić information content (AvgIpc) is 1.04. The number of para-hydroxylation sites is 1. The van der Waals surface area contributed by atoms with Gasteiger partial charge in [-0.2, -0.15) is 0 Å². The number of H-pyrrole nitrogens is 2. The predicted molar refractivity (Wildman–Crippen MR) is 460 cm³/mol. The first-order valence-electron chi connectivity index (χ1n) is 42.6. The molecule has 674 valence electrons. The maximum Gasteiger partial charge on any atom is 0.326 e. The summed E-state index contributed by atoms with van der Waals surface area (Å²) in [7, 11) is 0. The lowest BCUT2D eigenvalue weighted by atomic mass is 9.98. The number of nitrogens with two attached hydrogens (primary N) is 4. The van der Waals surface area contributed by atoms with E-state index in [9.17, 15) is 82.1 Å². The number of hydrogen-bond donors (Lipinski definition) is 18. The van der Waals surface area contributed by atoms with Gasteiger partial charge in [-0.25, -0.2) is 9.78 Å². The van der Waals surface area contributed by atoms with Gasteiger partial charge in [0.05, 0.1) is 18.9 Å². The van der Waals surface area contributed by atoms with Crippen LogP contribution < -0.4 is 76.1 Å². The van der Waals surface area contributed by atoms with E-state index in [1.54, 1.807) is 88.5 Å². The number of nitrogens with zero attached hydrogens (tertiary/aromatic N) is 3. The minimum atomic E-state index is -1.61. The number of aromatic hydroxyl groups is 1. The first-order valence-corrected chi connectivity index (χ1v) is 42.6. The van der Waals surface area contributed by atoms with E-state index in [1.807, 2.05) is 31.2 Å². The molecule has 37 heteroatoms. The molecule has 12 atom stereocenters. The molecule has 4 aromatic carbocycles. The SMILES string of the molecule is CCCC[C@H](NC(=O)[C@@H]1CCCN1C(=O)[C@H](CCC(N)=O)NC(=O)CNC(=O)[C@@H]1CCCN1C(=O)[C@H](CCCCN)NC(=O)[C@H](CC(C)C)NC(=O)[C@H](CCC(N)=O)NC(=O)[C@H](CC(C)C)NC(=O)[C@H](Cc1ccc(C(=O)c2ccccc2)cc1)NC(=O)[C@H](Cc1cnc[nH]1)NC(=O)[C@@H](N)Cc1c[nH]c2ccccc12)C(=O)N[C@@H](Cc1ccc(O)cc1)C(=O)O. The lowest BCUT2D eigenvalue weighted by molar-refractivity contribution is -0.144. The molecule has 2 aliphatic rings. The number of primary amides is 2. The maximum atomic E-state index is 15.1. The van der Waals surface area contributed by atoms with E-state index in [0.717, 1.165) is 16.5 Å². The number of phenols is 1. The minimum Gasteiger partial charge on any atom is -0.508 e. The van der Waals surface area contributed by atoms with E-state index in [0.29, 0.717) is 66.5 Å². The zero-order valence-corrected chi connectivity index (χ0v) is 71.2. The number of fused-ring (bicyclic) bond motifs is 1. The van der Waals surface area contributed by atoms with E-state index >= 15 is 4.79 Å². The number of benzene rings is 4. The zero-order chi connectivity index (χ0) is 91.0.